The third-order valence-corrected chi connectivity index (χ3v) is 4.69. The van der Waals surface area contributed by atoms with Crippen LogP contribution in [0, 0.1) is 12.7 Å². The Morgan fingerprint density at radius 2 is 1.93 bits per heavy atom. The van der Waals surface area contributed by atoms with Crippen molar-refractivity contribution in [1.82, 2.24) is 10.2 Å². The van der Waals surface area contributed by atoms with Gasteiger partial charge in [-0.25, -0.2) is 4.39 Å². The summed E-state index contributed by atoms with van der Waals surface area (Å²) in [6.07, 6.45) is 0.184. The van der Waals surface area contributed by atoms with Crippen molar-refractivity contribution >= 4 is 23.5 Å². The molecule has 1 atom stereocenters. The quantitative estimate of drug-likeness (QED) is 0.671. The van der Waals surface area contributed by atoms with Crippen LogP contribution in [0.1, 0.15) is 23.8 Å². The van der Waals surface area contributed by atoms with Gasteiger partial charge in [-0.1, -0.05) is 22.8 Å². The van der Waals surface area contributed by atoms with Crippen molar-refractivity contribution < 1.29 is 23.1 Å². The maximum Gasteiger partial charge on any atom is 0.322 e. The molecule has 0 radical (unpaired) electrons. The third kappa shape index (κ3) is 4.45. The number of anilines is 2. The molecule has 1 fully saturated rings. The molecule has 2 aromatic carbocycles. The topological polar surface area (TPSA) is 97.6 Å². The zero-order valence-corrected chi connectivity index (χ0v) is 16.2. The number of ether oxygens (including phenoxy) is 1. The molecule has 0 spiro atoms. The lowest BCUT2D eigenvalue weighted by molar-refractivity contribution is -0.118. The standard InChI is InChI=1S/C21H19FN4O4/c1-13-2-8-17(9-3-13)29-12-18(27)23-21-25-24-20(30-21)14-10-19(28)26(11-14)16-6-4-15(22)5-7-16/h2-9,14H,10-12H2,1H3,(H,23,25,27)/t14-/m0/s1. The van der Waals surface area contributed by atoms with Crippen LogP contribution in [-0.2, 0) is 9.59 Å². The van der Waals surface area contributed by atoms with Gasteiger partial charge in [0.2, 0.25) is 11.8 Å². The largest absolute Gasteiger partial charge is 0.484 e. The molecule has 1 N–H and O–H groups in total. The number of aryl methyl sites for hydroxylation is 1. The molecule has 2 amide bonds. The monoisotopic (exact) mass is 410 g/mol. The lowest BCUT2D eigenvalue weighted by Crippen LogP contribution is -2.24. The minimum Gasteiger partial charge on any atom is -0.484 e. The Hall–Kier alpha value is -3.75. The zero-order chi connectivity index (χ0) is 21.1. The van der Waals surface area contributed by atoms with Crippen LogP contribution in [0.25, 0.3) is 0 Å². The number of nitrogens with zero attached hydrogens (tertiary/aromatic N) is 3. The van der Waals surface area contributed by atoms with Crippen LogP contribution >= 0.6 is 0 Å². The van der Waals surface area contributed by atoms with Gasteiger partial charge >= 0.3 is 6.01 Å². The second-order valence-corrected chi connectivity index (χ2v) is 6.98. The molecule has 0 unspecified atom stereocenters. The van der Waals surface area contributed by atoms with Gasteiger partial charge < -0.3 is 14.1 Å². The molecule has 1 aliphatic rings. The molecule has 4 rings (SSSR count). The summed E-state index contributed by atoms with van der Waals surface area (Å²) in [5.74, 6) is -0.423. The van der Waals surface area contributed by atoms with Gasteiger partial charge in [0.15, 0.2) is 6.61 Å². The van der Waals surface area contributed by atoms with E-state index < -0.39 is 5.91 Å². The number of rotatable bonds is 6. The van der Waals surface area contributed by atoms with Crippen LogP contribution in [0.4, 0.5) is 16.1 Å². The fourth-order valence-corrected chi connectivity index (χ4v) is 3.13. The van der Waals surface area contributed by atoms with E-state index in [9.17, 15) is 14.0 Å². The summed E-state index contributed by atoms with van der Waals surface area (Å²) in [5.41, 5.74) is 1.69. The summed E-state index contributed by atoms with van der Waals surface area (Å²) in [6, 6.07) is 13.0. The lowest BCUT2D eigenvalue weighted by atomic mass is 10.1. The van der Waals surface area contributed by atoms with Crippen LogP contribution in [0.2, 0.25) is 0 Å². The van der Waals surface area contributed by atoms with Crippen molar-refractivity contribution in [1.29, 1.82) is 0 Å². The summed E-state index contributed by atoms with van der Waals surface area (Å²) in [7, 11) is 0. The molecule has 2 heterocycles. The maximum atomic E-state index is 13.1. The Balaban J connectivity index is 1.33. The Kier molecular flexibility index (Phi) is 5.42. The first kappa shape index (κ1) is 19.6. The average molecular weight is 410 g/mol. The van der Waals surface area contributed by atoms with Gasteiger partial charge in [-0.2, -0.15) is 0 Å². The van der Waals surface area contributed by atoms with Gasteiger partial charge in [0.05, 0.1) is 5.92 Å². The van der Waals surface area contributed by atoms with E-state index in [0.717, 1.165) is 5.56 Å². The zero-order valence-electron chi connectivity index (χ0n) is 16.2. The Morgan fingerprint density at radius 1 is 1.20 bits per heavy atom. The van der Waals surface area contributed by atoms with Crippen molar-refractivity contribution in [3.63, 3.8) is 0 Å². The number of halogens is 1. The van der Waals surface area contributed by atoms with Crippen LogP contribution < -0.4 is 15.0 Å². The third-order valence-electron chi connectivity index (χ3n) is 4.69. The van der Waals surface area contributed by atoms with E-state index in [0.29, 0.717) is 18.0 Å². The van der Waals surface area contributed by atoms with Crippen LogP contribution in [0.5, 0.6) is 5.75 Å². The number of hydrogen-bond acceptors (Lipinski definition) is 6. The number of benzene rings is 2. The fraction of sp³-hybridized carbons (Fsp3) is 0.238. The first-order valence-corrected chi connectivity index (χ1v) is 9.36. The Bertz CT molecular complexity index is 1050. The molecule has 30 heavy (non-hydrogen) atoms. The summed E-state index contributed by atoms with van der Waals surface area (Å²) in [4.78, 5) is 25.9. The highest BCUT2D eigenvalue weighted by molar-refractivity contribution is 5.96. The Morgan fingerprint density at radius 3 is 2.67 bits per heavy atom. The normalized spacial score (nSPS) is 16.0. The predicted octanol–water partition coefficient (Wildman–Crippen LogP) is 3.06. The molecule has 1 aromatic heterocycles. The highest BCUT2D eigenvalue weighted by Crippen LogP contribution is 2.31. The number of carbonyl (C=O) groups is 2. The summed E-state index contributed by atoms with van der Waals surface area (Å²) in [5, 5.41) is 10.2. The van der Waals surface area contributed by atoms with E-state index in [4.69, 9.17) is 9.15 Å². The first-order valence-electron chi connectivity index (χ1n) is 9.36. The summed E-state index contributed by atoms with van der Waals surface area (Å²) >= 11 is 0. The predicted molar refractivity (Wildman–Crippen MR) is 106 cm³/mol. The van der Waals surface area contributed by atoms with Gasteiger partial charge in [-0.3, -0.25) is 14.9 Å². The molecule has 0 bridgehead atoms. The van der Waals surface area contributed by atoms with Crippen molar-refractivity contribution in [3.8, 4) is 5.75 Å². The highest BCUT2D eigenvalue weighted by Gasteiger charge is 2.35. The van der Waals surface area contributed by atoms with Gasteiger partial charge in [-0.05, 0) is 43.3 Å². The molecular weight excluding hydrogens is 391 g/mol. The number of hydrogen-bond donors (Lipinski definition) is 1. The molecule has 1 saturated heterocycles. The second-order valence-electron chi connectivity index (χ2n) is 6.98. The Labute approximate surface area is 171 Å². The molecule has 9 heteroatoms. The van der Waals surface area contributed by atoms with Crippen LogP contribution in [0.15, 0.2) is 52.9 Å². The smallest absolute Gasteiger partial charge is 0.322 e. The van der Waals surface area contributed by atoms with E-state index in [1.165, 1.54) is 12.1 Å². The van der Waals surface area contributed by atoms with E-state index >= 15 is 0 Å². The molecule has 0 saturated carbocycles. The first-order chi connectivity index (χ1) is 14.5. The minimum absolute atomic E-state index is 0.0600. The average Bonchev–Trinajstić information content (AvgIpc) is 3.35. The fourth-order valence-electron chi connectivity index (χ4n) is 3.13. The second kappa shape index (κ2) is 8.32. The van der Waals surface area contributed by atoms with Crippen molar-refractivity contribution in [2.24, 2.45) is 0 Å². The van der Waals surface area contributed by atoms with Gasteiger partial charge in [0, 0.05) is 18.7 Å². The number of amides is 2. The molecule has 154 valence electrons. The van der Waals surface area contributed by atoms with Gasteiger partial charge in [-0.15, -0.1) is 5.10 Å². The summed E-state index contributed by atoms with van der Waals surface area (Å²) in [6.45, 7) is 2.08. The minimum atomic E-state index is -0.443. The van der Waals surface area contributed by atoms with E-state index in [2.05, 4.69) is 15.5 Å². The molecule has 1 aliphatic heterocycles. The lowest BCUT2D eigenvalue weighted by Gasteiger charge is -2.15. The highest BCUT2D eigenvalue weighted by atomic mass is 19.1. The van der Waals surface area contributed by atoms with E-state index in [1.54, 1.807) is 29.2 Å². The van der Waals surface area contributed by atoms with Crippen molar-refractivity contribution in [2.75, 3.05) is 23.4 Å². The van der Waals surface area contributed by atoms with Gasteiger partial charge in [0.25, 0.3) is 5.91 Å². The van der Waals surface area contributed by atoms with E-state index in [-0.39, 0.29) is 42.6 Å². The number of nitrogens with one attached hydrogen (secondary N) is 1. The maximum absolute atomic E-state index is 13.1. The molecular formula is C21H19FN4O4. The molecule has 8 nitrogen and oxygen atoms in total. The molecule has 3 aromatic rings. The van der Waals surface area contributed by atoms with Crippen molar-refractivity contribution in [3.05, 3.63) is 65.8 Å². The van der Waals surface area contributed by atoms with Gasteiger partial charge in [0.1, 0.15) is 11.6 Å². The molecule has 0 aliphatic carbocycles. The SMILES string of the molecule is Cc1ccc(OCC(=O)Nc2nnc([C@H]3CC(=O)N(c4ccc(F)cc4)C3)o2)cc1. The van der Waals surface area contributed by atoms with Crippen LogP contribution in [0.3, 0.4) is 0 Å². The van der Waals surface area contributed by atoms with Crippen molar-refractivity contribution in [2.45, 2.75) is 19.3 Å². The number of aromatic nitrogens is 2. The summed E-state index contributed by atoms with van der Waals surface area (Å²) < 4.78 is 24.0. The van der Waals surface area contributed by atoms with E-state index in [1.807, 2.05) is 19.1 Å². The number of carbonyl (C=O) groups excluding carboxylic acids is 2. The van der Waals surface area contributed by atoms with Crippen LogP contribution in [-0.4, -0.2) is 35.2 Å².